The highest BCUT2D eigenvalue weighted by Gasteiger charge is 2.41. The van der Waals surface area contributed by atoms with Crippen molar-refractivity contribution in [2.24, 2.45) is 11.7 Å². The number of rotatable bonds is 4. The van der Waals surface area contributed by atoms with Crippen molar-refractivity contribution in [3.63, 3.8) is 0 Å². The van der Waals surface area contributed by atoms with E-state index in [1.807, 2.05) is 24.0 Å². The van der Waals surface area contributed by atoms with Crippen molar-refractivity contribution in [1.29, 1.82) is 0 Å². The molecule has 0 aliphatic heterocycles. The molecule has 1 aliphatic carbocycles. The molecule has 92 valence electrons. The highest BCUT2D eigenvalue weighted by Crippen LogP contribution is 2.30. The van der Waals surface area contributed by atoms with Gasteiger partial charge in [-0.15, -0.1) is 0 Å². The zero-order valence-corrected chi connectivity index (χ0v) is 10.5. The first-order chi connectivity index (χ1) is 8.13. The largest absolute Gasteiger partial charge is 0.338 e. The molecule has 1 aliphatic rings. The van der Waals surface area contributed by atoms with Gasteiger partial charge in [-0.05, 0) is 31.4 Å². The first kappa shape index (κ1) is 12.1. The van der Waals surface area contributed by atoms with Crippen LogP contribution in [-0.4, -0.2) is 23.4 Å². The Hall–Kier alpha value is -1.35. The normalized spacial score (nSPS) is 22.3. The number of carbonyl (C=O) groups is 1. The first-order valence-corrected chi connectivity index (χ1v) is 6.22. The number of benzene rings is 1. The van der Waals surface area contributed by atoms with E-state index in [0.717, 1.165) is 13.0 Å². The fourth-order valence-corrected chi connectivity index (χ4v) is 2.07. The second-order valence-electron chi connectivity index (χ2n) is 4.78. The lowest BCUT2D eigenvalue weighted by Gasteiger charge is -2.22. The lowest BCUT2D eigenvalue weighted by molar-refractivity contribution is -0.133. The average Bonchev–Trinajstić information content (AvgIpc) is 3.04. The Balaban J connectivity index is 2.05. The van der Waals surface area contributed by atoms with E-state index >= 15 is 0 Å². The van der Waals surface area contributed by atoms with E-state index in [0.29, 0.717) is 6.54 Å². The predicted molar refractivity (Wildman–Crippen MR) is 68.4 cm³/mol. The summed E-state index contributed by atoms with van der Waals surface area (Å²) in [7, 11) is 0. The van der Waals surface area contributed by atoms with Crippen molar-refractivity contribution in [2.75, 3.05) is 6.54 Å². The Morgan fingerprint density at radius 1 is 1.47 bits per heavy atom. The molecule has 3 heteroatoms. The molecule has 2 atom stereocenters. The summed E-state index contributed by atoms with van der Waals surface area (Å²) in [5.74, 6) is 0.280. The summed E-state index contributed by atoms with van der Waals surface area (Å²) >= 11 is 0. The van der Waals surface area contributed by atoms with Gasteiger partial charge in [-0.3, -0.25) is 4.79 Å². The minimum atomic E-state index is 0.0685. The van der Waals surface area contributed by atoms with Crippen molar-refractivity contribution < 1.29 is 4.79 Å². The van der Waals surface area contributed by atoms with Gasteiger partial charge in [0.05, 0.1) is 5.92 Å². The zero-order chi connectivity index (χ0) is 12.4. The van der Waals surface area contributed by atoms with E-state index in [-0.39, 0.29) is 17.9 Å². The van der Waals surface area contributed by atoms with Crippen LogP contribution in [0.3, 0.4) is 0 Å². The van der Waals surface area contributed by atoms with Crippen LogP contribution in [0.4, 0.5) is 0 Å². The van der Waals surface area contributed by atoms with Gasteiger partial charge < -0.3 is 10.6 Å². The summed E-state index contributed by atoms with van der Waals surface area (Å²) in [5, 5.41) is 0. The summed E-state index contributed by atoms with van der Waals surface area (Å²) in [6, 6.07) is 8.29. The molecule has 17 heavy (non-hydrogen) atoms. The Bertz CT molecular complexity index is 416. The lowest BCUT2D eigenvalue weighted by Crippen LogP contribution is -2.33. The third kappa shape index (κ3) is 2.67. The van der Waals surface area contributed by atoms with E-state index in [1.165, 1.54) is 11.1 Å². The topological polar surface area (TPSA) is 46.3 Å². The summed E-state index contributed by atoms with van der Waals surface area (Å²) in [5.41, 5.74) is 8.19. The van der Waals surface area contributed by atoms with Crippen molar-refractivity contribution in [1.82, 2.24) is 4.90 Å². The summed E-state index contributed by atoms with van der Waals surface area (Å²) in [4.78, 5) is 14.0. The van der Waals surface area contributed by atoms with E-state index in [4.69, 9.17) is 5.73 Å². The summed E-state index contributed by atoms with van der Waals surface area (Å²) in [6.07, 6.45) is 0.850. The Labute approximate surface area is 103 Å². The van der Waals surface area contributed by atoms with Gasteiger partial charge in [0.25, 0.3) is 0 Å². The van der Waals surface area contributed by atoms with Crippen LogP contribution in [0, 0.1) is 12.8 Å². The van der Waals surface area contributed by atoms with Gasteiger partial charge in [-0.2, -0.15) is 0 Å². The van der Waals surface area contributed by atoms with E-state index < -0.39 is 0 Å². The van der Waals surface area contributed by atoms with Crippen LogP contribution in [-0.2, 0) is 11.3 Å². The van der Waals surface area contributed by atoms with Crippen molar-refractivity contribution >= 4 is 5.91 Å². The molecule has 2 N–H and O–H groups in total. The van der Waals surface area contributed by atoms with E-state index in [2.05, 4.69) is 19.1 Å². The van der Waals surface area contributed by atoms with Crippen LogP contribution < -0.4 is 5.73 Å². The molecule has 2 rings (SSSR count). The molecule has 3 nitrogen and oxygen atoms in total. The van der Waals surface area contributed by atoms with Crippen LogP contribution in [0.25, 0.3) is 0 Å². The van der Waals surface area contributed by atoms with Crippen molar-refractivity contribution in [3.05, 3.63) is 35.4 Å². The molecular weight excluding hydrogens is 212 g/mol. The zero-order valence-electron chi connectivity index (χ0n) is 10.5. The van der Waals surface area contributed by atoms with Crippen LogP contribution >= 0.6 is 0 Å². The maximum atomic E-state index is 12.1. The van der Waals surface area contributed by atoms with Gasteiger partial charge in [0, 0.05) is 19.1 Å². The van der Waals surface area contributed by atoms with Crippen LogP contribution in [0.2, 0.25) is 0 Å². The van der Waals surface area contributed by atoms with Gasteiger partial charge in [0.15, 0.2) is 0 Å². The number of carbonyl (C=O) groups excluding carboxylic acids is 1. The average molecular weight is 232 g/mol. The number of aryl methyl sites for hydroxylation is 1. The molecule has 1 saturated carbocycles. The lowest BCUT2D eigenvalue weighted by atomic mass is 10.1. The molecule has 0 radical (unpaired) electrons. The number of nitrogens with two attached hydrogens (primary N) is 1. The Morgan fingerprint density at radius 2 is 2.12 bits per heavy atom. The monoisotopic (exact) mass is 232 g/mol. The summed E-state index contributed by atoms with van der Waals surface area (Å²) in [6.45, 7) is 5.54. The first-order valence-electron chi connectivity index (χ1n) is 6.22. The predicted octanol–water partition coefficient (Wildman–Crippen LogP) is 1.69. The molecule has 1 fully saturated rings. The quantitative estimate of drug-likeness (QED) is 0.858. The molecule has 2 unspecified atom stereocenters. The molecule has 0 spiro atoms. The molecule has 1 aromatic carbocycles. The van der Waals surface area contributed by atoms with Gasteiger partial charge in [-0.1, -0.05) is 24.3 Å². The van der Waals surface area contributed by atoms with Gasteiger partial charge in [0.1, 0.15) is 0 Å². The maximum Gasteiger partial charge on any atom is 0.227 e. The molecule has 0 aromatic heterocycles. The number of nitrogens with zero attached hydrogens (tertiary/aromatic N) is 1. The van der Waals surface area contributed by atoms with E-state index in [9.17, 15) is 4.79 Å². The smallest absolute Gasteiger partial charge is 0.227 e. The second-order valence-corrected chi connectivity index (χ2v) is 4.78. The Kier molecular flexibility index (Phi) is 3.48. The fraction of sp³-hybridized carbons (Fsp3) is 0.500. The minimum Gasteiger partial charge on any atom is -0.338 e. The van der Waals surface area contributed by atoms with Crippen LogP contribution in [0.5, 0.6) is 0 Å². The molecule has 1 aromatic rings. The summed E-state index contributed by atoms with van der Waals surface area (Å²) < 4.78 is 0. The standard InChI is InChI=1S/C14H20N2O/c1-3-16(14(17)12-8-13(12)15)9-11-7-5-4-6-10(11)2/h4-7,12-13H,3,8-9,15H2,1-2H3. The molecule has 0 saturated heterocycles. The third-order valence-electron chi connectivity index (χ3n) is 3.47. The highest BCUT2D eigenvalue weighted by atomic mass is 16.2. The number of hydrogen-bond donors (Lipinski definition) is 1. The van der Waals surface area contributed by atoms with Gasteiger partial charge >= 0.3 is 0 Å². The highest BCUT2D eigenvalue weighted by molar-refractivity contribution is 5.82. The number of hydrogen-bond acceptors (Lipinski definition) is 2. The van der Waals surface area contributed by atoms with Crippen LogP contribution in [0.1, 0.15) is 24.5 Å². The van der Waals surface area contributed by atoms with Crippen LogP contribution in [0.15, 0.2) is 24.3 Å². The number of amides is 1. The van der Waals surface area contributed by atoms with Crippen molar-refractivity contribution in [3.8, 4) is 0 Å². The van der Waals surface area contributed by atoms with Gasteiger partial charge in [-0.25, -0.2) is 0 Å². The van der Waals surface area contributed by atoms with E-state index in [1.54, 1.807) is 0 Å². The minimum absolute atomic E-state index is 0.0685. The van der Waals surface area contributed by atoms with Crippen molar-refractivity contribution in [2.45, 2.75) is 32.9 Å². The maximum absolute atomic E-state index is 12.1. The molecule has 1 amide bonds. The SMILES string of the molecule is CCN(Cc1ccccc1C)C(=O)C1CC1N. The molecular formula is C14H20N2O. The Morgan fingerprint density at radius 3 is 2.65 bits per heavy atom. The molecule has 0 bridgehead atoms. The third-order valence-corrected chi connectivity index (χ3v) is 3.47. The van der Waals surface area contributed by atoms with Gasteiger partial charge in [0.2, 0.25) is 5.91 Å². The fourth-order valence-electron chi connectivity index (χ4n) is 2.07. The molecule has 0 heterocycles. The second kappa shape index (κ2) is 4.88.